The van der Waals surface area contributed by atoms with Crippen molar-refractivity contribution in [3.8, 4) is 5.75 Å². The summed E-state index contributed by atoms with van der Waals surface area (Å²) in [5.41, 5.74) is 1.82. The molecular formula is C26H33FN2O3. The molecule has 1 heterocycles. The number of halogens is 1. The van der Waals surface area contributed by atoms with E-state index in [2.05, 4.69) is 38.2 Å². The van der Waals surface area contributed by atoms with E-state index in [0.717, 1.165) is 18.6 Å². The van der Waals surface area contributed by atoms with Gasteiger partial charge in [0, 0.05) is 31.1 Å². The van der Waals surface area contributed by atoms with E-state index in [9.17, 15) is 14.0 Å². The lowest BCUT2D eigenvalue weighted by molar-refractivity contribution is -0.132. The zero-order chi connectivity index (χ0) is 23.1. The molecular weight excluding hydrogens is 407 g/mol. The maximum Gasteiger partial charge on any atom is 0.251 e. The Kier molecular flexibility index (Phi) is 7.89. The third-order valence-electron chi connectivity index (χ3n) is 5.81. The van der Waals surface area contributed by atoms with Gasteiger partial charge in [-0.2, -0.15) is 0 Å². The van der Waals surface area contributed by atoms with Crippen LogP contribution in [0.4, 0.5) is 4.39 Å². The van der Waals surface area contributed by atoms with Crippen LogP contribution in [-0.4, -0.2) is 42.5 Å². The molecule has 172 valence electrons. The predicted molar refractivity (Wildman–Crippen MR) is 123 cm³/mol. The molecule has 0 aliphatic carbocycles. The Hall–Kier alpha value is -2.89. The van der Waals surface area contributed by atoms with E-state index >= 15 is 0 Å². The van der Waals surface area contributed by atoms with Crippen molar-refractivity contribution >= 4 is 11.8 Å². The summed E-state index contributed by atoms with van der Waals surface area (Å²) < 4.78 is 18.8. The highest BCUT2D eigenvalue weighted by Gasteiger charge is 2.24. The Morgan fingerprint density at radius 2 is 1.66 bits per heavy atom. The number of piperidine rings is 1. The summed E-state index contributed by atoms with van der Waals surface area (Å²) in [5, 5.41) is 2.98. The highest BCUT2D eigenvalue weighted by Crippen LogP contribution is 2.24. The van der Waals surface area contributed by atoms with Gasteiger partial charge in [-0.1, -0.05) is 32.9 Å². The van der Waals surface area contributed by atoms with Gasteiger partial charge in [0.05, 0.1) is 6.61 Å². The Balaban J connectivity index is 1.34. The quantitative estimate of drug-likeness (QED) is 0.635. The molecule has 0 atom stereocenters. The first kappa shape index (κ1) is 23.8. The van der Waals surface area contributed by atoms with Crippen LogP contribution in [0.3, 0.4) is 0 Å². The summed E-state index contributed by atoms with van der Waals surface area (Å²) in [6, 6.07) is 13.7. The van der Waals surface area contributed by atoms with Crippen LogP contribution in [0.5, 0.6) is 5.75 Å². The molecule has 0 aromatic heterocycles. The summed E-state index contributed by atoms with van der Waals surface area (Å²) in [5.74, 6) is 0.378. The Morgan fingerprint density at radius 3 is 2.25 bits per heavy atom. The molecule has 1 fully saturated rings. The maximum absolute atomic E-state index is 13.0. The normalized spacial score (nSPS) is 14.8. The molecule has 0 radical (unpaired) electrons. The Morgan fingerprint density at radius 1 is 1.03 bits per heavy atom. The molecule has 0 spiro atoms. The zero-order valence-corrected chi connectivity index (χ0v) is 19.2. The van der Waals surface area contributed by atoms with E-state index in [0.29, 0.717) is 38.1 Å². The number of hydrogen-bond acceptors (Lipinski definition) is 3. The first-order chi connectivity index (χ1) is 15.2. The summed E-state index contributed by atoms with van der Waals surface area (Å²) >= 11 is 0. The van der Waals surface area contributed by atoms with Gasteiger partial charge < -0.3 is 15.0 Å². The van der Waals surface area contributed by atoms with E-state index in [1.54, 1.807) is 0 Å². The number of carbonyl (C=O) groups is 2. The van der Waals surface area contributed by atoms with E-state index in [1.807, 2.05) is 17.0 Å². The van der Waals surface area contributed by atoms with Crippen molar-refractivity contribution in [2.75, 3.05) is 19.7 Å². The summed E-state index contributed by atoms with van der Waals surface area (Å²) in [4.78, 5) is 26.6. The molecule has 0 unspecified atom stereocenters. The van der Waals surface area contributed by atoms with E-state index in [1.165, 1.54) is 29.8 Å². The lowest BCUT2D eigenvalue weighted by atomic mass is 9.87. The van der Waals surface area contributed by atoms with E-state index < -0.39 is 0 Å². The van der Waals surface area contributed by atoms with Crippen LogP contribution in [0.2, 0.25) is 0 Å². The van der Waals surface area contributed by atoms with Crippen LogP contribution in [-0.2, 0) is 10.2 Å². The Bertz CT molecular complexity index is 896. The number of nitrogens with one attached hydrogen (secondary N) is 1. The number of ether oxygens (including phenoxy) is 1. The fourth-order valence-electron chi connectivity index (χ4n) is 3.77. The number of amides is 2. The number of rotatable bonds is 7. The average molecular weight is 441 g/mol. The second-order valence-corrected chi connectivity index (χ2v) is 9.36. The number of nitrogens with zero attached hydrogens (tertiary/aromatic N) is 1. The van der Waals surface area contributed by atoms with Gasteiger partial charge in [0.2, 0.25) is 5.91 Å². The number of carbonyl (C=O) groups excluding carboxylic acids is 2. The van der Waals surface area contributed by atoms with Gasteiger partial charge in [-0.3, -0.25) is 9.59 Å². The highest BCUT2D eigenvalue weighted by molar-refractivity contribution is 5.94. The molecule has 5 nitrogen and oxygen atoms in total. The molecule has 1 N–H and O–H groups in total. The van der Waals surface area contributed by atoms with Crippen LogP contribution < -0.4 is 10.1 Å². The van der Waals surface area contributed by atoms with Gasteiger partial charge in [0.1, 0.15) is 11.6 Å². The van der Waals surface area contributed by atoms with Crippen molar-refractivity contribution in [3.05, 3.63) is 65.5 Å². The van der Waals surface area contributed by atoms with Gasteiger partial charge in [0.15, 0.2) is 0 Å². The SMILES string of the molecule is CC(C)(C)c1ccc(OCCCC(=O)N2CCC(NC(=O)c3ccc(F)cc3)CC2)cc1. The largest absolute Gasteiger partial charge is 0.494 e. The molecule has 3 rings (SSSR count). The number of benzene rings is 2. The van der Waals surface area contributed by atoms with Crippen LogP contribution in [0.15, 0.2) is 48.5 Å². The average Bonchev–Trinajstić information content (AvgIpc) is 2.77. The number of likely N-dealkylation sites (tertiary alicyclic amines) is 1. The standard InChI is InChI=1S/C26H33FN2O3/c1-26(2,3)20-8-12-23(13-9-20)32-18-4-5-24(30)29-16-14-22(15-17-29)28-25(31)19-6-10-21(27)11-7-19/h6-13,22H,4-5,14-18H2,1-3H3,(H,28,31). The van der Waals surface area contributed by atoms with Crippen molar-refractivity contribution in [3.63, 3.8) is 0 Å². The van der Waals surface area contributed by atoms with Crippen molar-refractivity contribution in [1.82, 2.24) is 10.2 Å². The molecule has 32 heavy (non-hydrogen) atoms. The molecule has 2 amide bonds. The second-order valence-electron chi connectivity index (χ2n) is 9.36. The lowest BCUT2D eigenvalue weighted by Crippen LogP contribution is -2.46. The minimum Gasteiger partial charge on any atom is -0.494 e. The summed E-state index contributed by atoms with van der Waals surface area (Å²) in [7, 11) is 0. The number of hydrogen-bond donors (Lipinski definition) is 1. The van der Waals surface area contributed by atoms with Gasteiger partial charge >= 0.3 is 0 Å². The second kappa shape index (κ2) is 10.6. The van der Waals surface area contributed by atoms with Crippen LogP contribution in [0, 0.1) is 5.82 Å². The van der Waals surface area contributed by atoms with E-state index in [-0.39, 0.29) is 29.1 Å². The minimum absolute atomic E-state index is 0.0241. The van der Waals surface area contributed by atoms with Gasteiger partial charge in [-0.25, -0.2) is 4.39 Å². The summed E-state index contributed by atoms with van der Waals surface area (Å²) in [6.45, 7) is 8.29. The predicted octanol–water partition coefficient (Wildman–Crippen LogP) is 4.70. The monoisotopic (exact) mass is 440 g/mol. The van der Waals surface area contributed by atoms with Crippen molar-refractivity contribution in [1.29, 1.82) is 0 Å². The minimum atomic E-state index is -0.364. The fourth-order valence-corrected chi connectivity index (χ4v) is 3.77. The molecule has 2 aromatic rings. The lowest BCUT2D eigenvalue weighted by Gasteiger charge is -2.32. The van der Waals surface area contributed by atoms with Crippen LogP contribution in [0.25, 0.3) is 0 Å². The van der Waals surface area contributed by atoms with Gasteiger partial charge in [0.25, 0.3) is 5.91 Å². The maximum atomic E-state index is 13.0. The molecule has 1 saturated heterocycles. The smallest absolute Gasteiger partial charge is 0.251 e. The topological polar surface area (TPSA) is 58.6 Å². The Labute approximate surface area is 190 Å². The first-order valence-electron chi connectivity index (χ1n) is 11.3. The third kappa shape index (κ3) is 6.81. The van der Waals surface area contributed by atoms with Gasteiger partial charge in [-0.15, -0.1) is 0 Å². The third-order valence-corrected chi connectivity index (χ3v) is 5.81. The fraction of sp³-hybridized carbons (Fsp3) is 0.462. The van der Waals surface area contributed by atoms with Crippen molar-refractivity contribution < 1.29 is 18.7 Å². The molecule has 0 saturated carbocycles. The van der Waals surface area contributed by atoms with Crippen LogP contribution in [0.1, 0.15) is 62.4 Å². The molecule has 1 aliphatic heterocycles. The van der Waals surface area contributed by atoms with Crippen LogP contribution >= 0.6 is 0 Å². The molecule has 6 heteroatoms. The summed E-state index contributed by atoms with van der Waals surface area (Å²) in [6.07, 6.45) is 2.55. The van der Waals surface area contributed by atoms with Gasteiger partial charge in [-0.05, 0) is 66.6 Å². The highest BCUT2D eigenvalue weighted by atomic mass is 19.1. The van der Waals surface area contributed by atoms with E-state index in [4.69, 9.17) is 4.74 Å². The van der Waals surface area contributed by atoms with Crippen molar-refractivity contribution in [2.24, 2.45) is 0 Å². The molecule has 2 aromatic carbocycles. The zero-order valence-electron chi connectivity index (χ0n) is 19.2. The molecule has 1 aliphatic rings. The molecule has 0 bridgehead atoms. The van der Waals surface area contributed by atoms with Crippen molar-refractivity contribution in [2.45, 2.75) is 57.9 Å². The first-order valence-corrected chi connectivity index (χ1v) is 11.3.